The van der Waals surface area contributed by atoms with Gasteiger partial charge in [-0.25, -0.2) is 13.9 Å². The molecule has 6 nitrogen and oxygen atoms in total. The molecule has 2 aromatic heterocycles. The Bertz CT molecular complexity index is 1300. The van der Waals surface area contributed by atoms with Crippen LogP contribution in [0.4, 0.5) is 4.39 Å². The number of hydrogen-bond donors (Lipinski definition) is 0. The zero-order valence-electron chi connectivity index (χ0n) is 17.1. The number of benzene rings is 2. The molecule has 0 radical (unpaired) electrons. The first kappa shape index (κ1) is 19.2. The maximum Gasteiger partial charge on any atom is 0.166 e. The Morgan fingerprint density at radius 2 is 1.84 bits per heavy atom. The number of hydrogen-bond acceptors (Lipinski definition) is 5. The Kier molecular flexibility index (Phi) is 4.66. The number of rotatable bonds is 4. The molecule has 7 heteroatoms. The highest BCUT2D eigenvalue weighted by Gasteiger charge is 2.30. The Morgan fingerprint density at radius 1 is 1.03 bits per heavy atom. The number of fused-ring (bicyclic) bond motifs is 2. The second-order valence-corrected chi connectivity index (χ2v) is 7.57. The van der Waals surface area contributed by atoms with E-state index >= 15 is 0 Å². The quantitative estimate of drug-likeness (QED) is 0.490. The molecule has 1 atom stereocenters. The number of aromatic nitrogens is 3. The van der Waals surface area contributed by atoms with Gasteiger partial charge in [0, 0.05) is 30.2 Å². The fraction of sp³-hybridized carbons (Fsp3) is 0.208. The fourth-order valence-corrected chi connectivity index (χ4v) is 4.18. The van der Waals surface area contributed by atoms with Crippen LogP contribution >= 0.6 is 0 Å². The fourth-order valence-electron chi connectivity index (χ4n) is 4.18. The molecular formula is C24H20FN3O3. The molecule has 4 aromatic rings. The molecule has 0 spiro atoms. The summed E-state index contributed by atoms with van der Waals surface area (Å²) >= 11 is 0. The van der Waals surface area contributed by atoms with Crippen LogP contribution in [-0.4, -0.2) is 34.6 Å². The van der Waals surface area contributed by atoms with E-state index in [1.54, 1.807) is 43.3 Å². The summed E-state index contributed by atoms with van der Waals surface area (Å²) in [6, 6.07) is 11.9. The molecule has 0 saturated heterocycles. The van der Waals surface area contributed by atoms with E-state index < -0.39 is 0 Å². The van der Waals surface area contributed by atoms with Gasteiger partial charge in [-0.3, -0.25) is 4.79 Å². The van der Waals surface area contributed by atoms with E-state index in [1.165, 1.54) is 12.1 Å². The number of carbonyl (C=O) groups excluding carboxylic acids is 1. The van der Waals surface area contributed by atoms with Crippen LogP contribution < -0.4 is 9.47 Å². The normalized spacial score (nSPS) is 15.7. The van der Waals surface area contributed by atoms with E-state index in [0.29, 0.717) is 35.6 Å². The standard InChI is InChI=1S/C24H20FN3O3/c1-30-17-7-8-18(23(11-17)31-2)15-9-21-20(22(29)10-15)13-28-24(27-21)19(12-26-28)14-3-5-16(25)6-4-14/h3-8,11-13,15H,9-10H2,1-2H3. The number of carbonyl (C=O) groups is 1. The van der Waals surface area contributed by atoms with Crippen LogP contribution in [0.2, 0.25) is 0 Å². The van der Waals surface area contributed by atoms with Crippen molar-refractivity contribution in [1.82, 2.24) is 14.6 Å². The summed E-state index contributed by atoms with van der Waals surface area (Å²) in [6.45, 7) is 0. The van der Waals surface area contributed by atoms with E-state index in [-0.39, 0.29) is 17.5 Å². The number of halogens is 1. The highest BCUT2D eigenvalue weighted by atomic mass is 19.1. The average molecular weight is 417 g/mol. The minimum atomic E-state index is -0.299. The average Bonchev–Trinajstić information content (AvgIpc) is 3.20. The Labute approximate surface area is 178 Å². The summed E-state index contributed by atoms with van der Waals surface area (Å²) in [6.07, 6.45) is 4.41. The molecule has 1 aliphatic carbocycles. The number of methoxy groups -OCH3 is 2. The van der Waals surface area contributed by atoms with E-state index in [0.717, 1.165) is 22.4 Å². The minimum absolute atomic E-state index is 0.0253. The van der Waals surface area contributed by atoms with Gasteiger partial charge < -0.3 is 9.47 Å². The van der Waals surface area contributed by atoms with Gasteiger partial charge >= 0.3 is 0 Å². The Morgan fingerprint density at radius 3 is 2.58 bits per heavy atom. The highest BCUT2D eigenvalue weighted by molar-refractivity contribution is 5.99. The molecule has 2 aromatic carbocycles. The number of ether oxygens (including phenoxy) is 2. The lowest BCUT2D eigenvalue weighted by Crippen LogP contribution is -2.21. The van der Waals surface area contributed by atoms with Crippen LogP contribution in [0.25, 0.3) is 16.8 Å². The van der Waals surface area contributed by atoms with Crippen LogP contribution in [0.5, 0.6) is 11.5 Å². The molecule has 0 fully saturated rings. The van der Waals surface area contributed by atoms with Crippen LogP contribution in [0, 0.1) is 5.82 Å². The van der Waals surface area contributed by atoms with Crippen LogP contribution in [0.3, 0.4) is 0 Å². The van der Waals surface area contributed by atoms with Crippen LogP contribution in [0.15, 0.2) is 54.9 Å². The van der Waals surface area contributed by atoms with Crippen molar-refractivity contribution in [3.05, 3.63) is 77.5 Å². The van der Waals surface area contributed by atoms with Crippen molar-refractivity contribution in [1.29, 1.82) is 0 Å². The summed E-state index contributed by atoms with van der Waals surface area (Å²) in [4.78, 5) is 17.8. The Balaban J connectivity index is 1.57. The minimum Gasteiger partial charge on any atom is -0.497 e. The number of nitrogens with zero attached hydrogens (tertiary/aromatic N) is 3. The maximum absolute atomic E-state index is 13.3. The van der Waals surface area contributed by atoms with Crippen molar-refractivity contribution < 1.29 is 18.7 Å². The largest absolute Gasteiger partial charge is 0.497 e. The smallest absolute Gasteiger partial charge is 0.166 e. The van der Waals surface area contributed by atoms with Gasteiger partial charge in [-0.15, -0.1) is 0 Å². The molecule has 31 heavy (non-hydrogen) atoms. The third-order valence-electron chi connectivity index (χ3n) is 5.78. The molecular weight excluding hydrogens is 397 g/mol. The lowest BCUT2D eigenvalue weighted by Gasteiger charge is -2.25. The van der Waals surface area contributed by atoms with Gasteiger partial charge in [0.2, 0.25) is 0 Å². The van der Waals surface area contributed by atoms with Crippen molar-refractivity contribution in [3.8, 4) is 22.6 Å². The van der Waals surface area contributed by atoms with Crippen molar-refractivity contribution in [2.45, 2.75) is 18.8 Å². The van der Waals surface area contributed by atoms with Gasteiger partial charge in [0.25, 0.3) is 0 Å². The van der Waals surface area contributed by atoms with Gasteiger partial charge in [-0.1, -0.05) is 18.2 Å². The van der Waals surface area contributed by atoms with Crippen molar-refractivity contribution in [3.63, 3.8) is 0 Å². The second kappa shape index (κ2) is 7.50. The monoisotopic (exact) mass is 417 g/mol. The van der Waals surface area contributed by atoms with E-state index in [4.69, 9.17) is 14.5 Å². The predicted molar refractivity (Wildman–Crippen MR) is 113 cm³/mol. The first-order chi connectivity index (χ1) is 15.1. The summed E-state index contributed by atoms with van der Waals surface area (Å²) in [5, 5.41) is 4.36. The van der Waals surface area contributed by atoms with Crippen molar-refractivity contribution in [2.75, 3.05) is 14.2 Å². The topological polar surface area (TPSA) is 65.7 Å². The third-order valence-corrected chi connectivity index (χ3v) is 5.78. The molecule has 5 rings (SSSR count). The van der Waals surface area contributed by atoms with Gasteiger partial charge in [0.05, 0.1) is 31.7 Å². The zero-order valence-corrected chi connectivity index (χ0v) is 17.1. The molecule has 0 bridgehead atoms. The molecule has 0 amide bonds. The molecule has 156 valence electrons. The molecule has 2 heterocycles. The van der Waals surface area contributed by atoms with Crippen LogP contribution in [0.1, 0.15) is 34.0 Å². The molecule has 1 unspecified atom stereocenters. The first-order valence-electron chi connectivity index (χ1n) is 9.95. The summed E-state index contributed by atoms with van der Waals surface area (Å²) in [7, 11) is 3.22. The summed E-state index contributed by atoms with van der Waals surface area (Å²) in [5.74, 6) is 1.07. The molecule has 0 N–H and O–H groups in total. The lowest BCUT2D eigenvalue weighted by atomic mass is 9.81. The zero-order chi connectivity index (χ0) is 21.5. The first-order valence-corrected chi connectivity index (χ1v) is 9.95. The molecule has 0 saturated carbocycles. The predicted octanol–water partition coefficient (Wildman–Crippen LogP) is 4.47. The summed E-state index contributed by atoms with van der Waals surface area (Å²) in [5.41, 5.74) is 4.52. The molecule has 1 aliphatic rings. The van der Waals surface area contributed by atoms with Gasteiger partial charge in [0.1, 0.15) is 17.3 Å². The van der Waals surface area contributed by atoms with Gasteiger partial charge in [0.15, 0.2) is 11.4 Å². The maximum atomic E-state index is 13.3. The van der Waals surface area contributed by atoms with Crippen LogP contribution in [-0.2, 0) is 6.42 Å². The third kappa shape index (κ3) is 3.32. The SMILES string of the molecule is COc1ccc(C2CC(=O)c3cn4ncc(-c5ccc(F)cc5)c4nc3C2)c(OC)c1. The lowest BCUT2D eigenvalue weighted by molar-refractivity contribution is 0.0962. The number of ketones is 1. The molecule has 0 aliphatic heterocycles. The van der Waals surface area contributed by atoms with Crippen molar-refractivity contribution >= 4 is 11.4 Å². The van der Waals surface area contributed by atoms with E-state index in [1.807, 2.05) is 18.2 Å². The van der Waals surface area contributed by atoms with Crippen molar-refractivity contribution in [2.24, 2.45) is 0 Å². The highest BCUT2D eigenvalue weighted by Crippen LogP contribution is 2.38. The summed E-state index contributed by atoms with van der Waals surface area (Å²) < 4.78 is 25.8. The van der Waals surface area contributed by atoms with Gasteiger partial charge in [-0.05, 0) is 35.7 Å². The van der Waals surface area contributed by atoms with Gasteiger partial charge in [-0.2, -0.15) is 5.10 Å². The Hall–Kier alpha value is -3.74. The van der Waals surface area contributed by atoms with E-state index in [9.17, 15) is 9.18 Å². The second-order valence-electron chi connectivity index (χ2n) is 7.57. The van der Waals surface area contributed by atoms with E-state index in [2.05, 4.69) is 5.10 Å². The number of Topliss-reactive ketones (excluding diaryl/α,β-unsaturated/α-hetero) is 1.